The van der Waals surface area contributed by atoms with Crippen LogP contribution in [-0.2, 0) is 4.79 Å². The Morgan fingerprint density at radius 2 is 1.78 bits per heavy atom. The van der Waals surface area contributed by atoms with Gasteiger partial charge in [-0.1, -0.05) is 6.92 Å². The van der Waals surface area contributed by atoms with Crippen molar-refractivity contribution in [2.75, 3.05) is 10.6 Å². The van der Waals surface area contributed by atoms with Gasteiger partial charge >= 0.3 is 0 Å². The van der Waals surface area contributed by atoms with Crippen LogP contribution < -0.4 is 16.4 Å². The molecule has 5 N–H and O–H groups in total. The average Bonchev–Trinajstić information content (AvgIpc) is 3.21. The summed E-state index contributed by atoms with van der Waals surface area (Å²) in [6.07, 6.45) is 5.74. The minimum atomic E-state index is -1.09. The highest BCUT2D eigenvalue weighted by Crippen LogP contribution is 2.37. The summed E-state index contributed by atoms with van der Waals surface area (Å²) >= 11 is 0. The number of nitrogens with one attached hydrogen (secondary N) is 2. The highest BCUT2D eigenvalue weighted by molar-refractivity contribution is 5.78. The van der Waals surface area contributed by atoms with Gasteiger partial charge in [-0.2, -0.15) is 4.98 Å². The monoisotopic (exact) mass is 517 g/mol. The number of imidazole rings is 1. The van der Waals surface area contributed by atoms with Gasteiger partial charge in [0.25, 0.3) is 0 Å². The smallest absolute Gasteiger partial charge is 0.224 e. The van der Waals surface area contributed by atoms with Crippen LogP contribution in [0.25, 0.3) is 11.2 Å². The maximum atomic E-state index is 14.5. The van der Waals surface area contributed by atoms with Gasteiger partial charge in [0.15, 0.2) is 17.3 Å². The number of nitrogens with zero attached hydrogens (tertiary/aromatic N) is 4. The number of aliphatic hydroxyl groups excluding tert-OH is 1. The second-order valence-electron chi connectivity index (χ2n) is 10.2. The number of carbonyl (C=O) groups is 1. The minimum Gasteiger partial charge on any atom is -0.393 e. The number of carbonyl (C=O) groups excluding carboxylic acids is 1. The molecule has 0 aliphatic heterocycles. The Kier molecular flexibility index (Phi) is 6.93. The van der Waals surface area contributed by atoms with Gasteiger partial charge in [0, 0.05) is 30.1 Å². The molecule has 0 saturated heterocycles. The van der Waals surface area contributed by atoms with Crippen molar-refractivity contribution >= 4 is 34.7 Å². The highest BCUT2D eigenvalue weighted by atomic mass is 19.1. The number of nitrogens with two attached hydrogens (primary N) is 1. The van der Waals surface area contributed by atoms with Crippen molar-refractivity contribution in [2.45, 2.75) is 70.1 Å². The van der Waals surface area contributed by atoms with E-state index in [0.717, 1.165) is 12.8 Å². The second-order valence-corrected chi connectivity index (χ2v) is 10.2. The Morgan fingerprint density at radius 1 is 1.08 bits per heavy atom. The normalized spacial score (nSPS) is 26.2. The third kappa shape index (κ3) is 5.20. The summed E-state index contributed by atoms with van der Waals surface area (Å²) in [6.45, 7) is 2.02. The molecule has 12 heteroatoms. The Hall–Kier alpha value is -3.41. The van der Waals surface area contributed by atoms with Gasteiger partial charge in [-0.3, -0.25) is 9.36 Å². The number of hydrogen-bond acceptors (Lipinski definition) is 7. The Morgan fingerprint density at radius 3 is 2.43 bits per heavy atom. The van der Waals surface area contributed by atoms with Gasteiger partial charge < -0.3 is 21.5 Å². The Bertz CT molecular complexity index is 1290. The number of rotatable bonds is 6. The third-order valence-corrected chi connectivity index (χ3v) is 7.63. The van der Waals surface area contributed by atoms with E-state index in [4.69, 9.17) is 5.73 Å². The standard InChI is InChI=1S/C25H30F3N7O2/c1-12-2-5-15(10-20(12)36)31-24-30-11-19-23(34-24)35(16-6-3-13(4-7-16)22(29)37)25(32-19)33-21-17(27)8-14(26)9-18(21)28/h8-9,11-13,15-16,20,36H,2-7,10H2,1H3,(H2,29,37)(H,32,33)(H,30,31,34)/t12-,13?,15?,16?,20-/m1/s1. The first-order chi connectivity index (χ1) is 17.7. The van der Waals surface area contributed by atoms with Gasteiger partial charge in [0.05, 0.1) is 12.3 Å². The maximum Gasteiger partial charge on any atom is 0.224 e. The van der Waals surface area contributed by atoms with Crippen LogP contribution in [0.2, 0.25) is 0 Å². The number of aromatic nitrogens is 4. The number of benzene rings is 1. The van der Waals surface area contributed by atoms with Crippen molar-refractivity contribution in [3.8, 4) is 0 Å². The van der Waals surface area contributed by atoms with Crippen molar-refractivity contribution in [1.82, 2.24) is 19.5 Å². The molecule has 5 rings (SSSR count). The van der Waals surface area contributed by atoms with Crippen LogP contribution in [0.1, 0.15) is 57.9 Å². The molecule has 2 aliphatic rings. The zero-order chi connectivity index (χ0) is 26.3. The molecule has 198 valence electrons. The Labute approximate surface area is 211 Å². The molecule has 3 atom stereocenters. The topological polar surface area (TPSA) is 131 Å². The molecule has 9 nitrogen and oxygen atoms in total. The number of aliphatic hydroxyl groups is 1. The summed E-state index contributed by atoms with van der Waals surface area (Å²) in [6, 6.07) is 1.02. The third-order valence-electron chi connectivity index (χ3n) is 7.63. The first kappa shape index (κ1) is 25.2. The molecule has 2 aromatic heterocycles. The lowest BCUT2D eigenvalue weighted by atomic mass is 9.85. The van der Waals surface area contributed by atoms with E-state index in [-0.39, 0.29) is 35.8 Å². The van der Waals surface area contributed by atoms with Crippen LogP contribution in [0, 0.1) is 29.3 Å². The molecule has 1 amide bonds. The molecule has 1 unspecified atom stereocenters. The lowest BCUT2D eigenvalue weighted by Gasteiger charge is -2.31. The number of amides is 1. The van der Waals surface area contributed by atoms with Crippen LogP contribution >= 0.6 is 0 Å². The fourth-order valence-corrected chi connectivity index (χ4v) is 5.40. The van der Waals surface area contributed by atoms with E-state index < -0.39 is 29.2 Å². The van der Waals surface area contributed by atoms with Crippen LogP contribution in [-0.4, -0.2) is 42.7 Å². The lowest BCUT2D eigenvalue weighted by Crippen LogP contribution is -2.35. The molecule has 0 bridgehead atoms. The fourth-order valence-electron chi connectivity index (χ4n) is 5.40. The molecular weight excluding hydrogens is 487 g/mol. The van der Waals surface area contributed by atoms with Gasteiger partial charge in [-0.15, -0.1) is 0 Å². The molecule has 2 heterocycles. The average molecular weight is 518 g/mol. The molecule has 2 fully saturated rings. The summed E-state index contributed by atoms with van der Waals surface area (Å²) in [5, 5.41) is 16.2. The predicted molar refractivity (Wildman–Crippen MR) is 132 cm³/mol. The largest absolute Gasteiger partial charge is 0.393 e. The second kappa shape index (κ2) is 10.2. The molecule has 0 spiro atoms. The zero-order valence-corrected chi connectivity index (χ0v) is 20.4. The quantitative estimate of drug-likeness (QED) is 0.386. The van der Waals surface area contributed by atoms with E-state index in [9.17, 15) is 23.1 Å². The maximum absolute atomic E-state index is 14.5. The van der Waals surface area contributed by atoms with E-state index >= 15 is 0 Å². The summed E-state index contributed by atoms with van der Waals surface area (Å²) < 4.78 is 44.1. The van der Waals surface area contributed by atoms with Crippen LogP contribution in [0.3, 0.4) is 0 Å². The van der Waals surface area contributed by atoms with Crippen molar-refractivity contribution < 1.29 is 23.1 Å². The van der Waals surface area contributed by atoms with Crippen LogP contribution in [0.4, 0.5) is 30.8 Å². The summed E-state index contributed by atoms with van der Waals surface area (Å²) in [5.74, 6) is -3.06. The minimum absolute atomic E-state index is 0.00558. The number of hydrogen-bond donors (Lipinski definition) is 4. The summed E-state index contributed by atoms with van der Waals surface area (Å²) in [4.78, 5) is 25.2. The van der Waals surface area contributed by atoms with Crippen molar-refractivity contribution in [3.63, 3.8) is 0 Å². The first-order valence-corrected chi connectivity index (χ1v) is 12.6. The first-order valence-electron chi connectivity index (χ1n) is 12.6. The number of halogens is 3. The molecular formula is C25H30F3N7O2. The lowest BCUT2D eigenvalue weighted by molar-refractivity contribution is -0.122. The summed E-state index contributed by atoms with van der Waals surface area (Å²) in [7, 11) is 0. The van der Waals surface area contributed by atoms with Crippen LogP contribution in [0.5, 0.6) is 0 Å². The van der Waals surface area contributed by atoms with E-state index in [1.54, 1.807) is 4.57 Å². The van der Waals surface area contributed by atoms with Crippen molar-refractivity contribution in [2.24, 2.45) is 17.6 Å². The van der Waals surface area contributed by atoms with E-state index in [0.29, 0.717) is 61.3 Å². The predicted octanol–water partition coefficient (Wildman–Crippen LogP) is 4.17. The Balaban J connectivity index is 1.50. The van der Waals surface area contributed by atoms with E-state index in [2.05, 4.69) is 25.6 Å². The van der Waals surface area contributed by atoms with E-state index in [1.165, 1.54) is 6.20 Å². The molecule has 3 aromatic rings. The highest BCUT2D eigenvalue weighted by Gasteiger charge is 2.30. The zero-order valence-electron chi connectivity index (χ0n) is 20.4. The molecule has 1 aromatic carbocycles. The van der Waals surface area contributed by atoms with Crippen LogP contribution in [0.15, 0.2) is 18.3 Å². The summed E-state index contributed by atoms with van der Waals surface area (Å²) in [5.41, 5.74) is 5.83. The SMILES string of the molecule is C[C@@H]1CCC(Nc2ncc3nc(Nc4c(F)cc(F)cc4F)n(C4CCC(C(N)=O)CC4)c3n2)C[C@H]1O. The molecule has 2 aliphatic carbocycles. The van der Waals surface area contributed by atoms with Gasteiger partial charge in [0.2, 0.25) is 17.8 Å². The number of primary amides is 1. The van der Waals surface area contributed by atoms with Crippen molar-refractivity contribution in [3.05, 3.63) is 35.8 Å². The van der Waals surface area contributed by atoms with Gasteiger partial charge in [-0.05, 0) is 50.9 Å². The molecule has 0 radical (unpaired) electrons. The van der Waals surface area contributed by atoms with E-state index in [1.807, 2.05) is 6.92 Å². The van der Waals surface area contributed by atoms with Crippen molar-refractivity contribution in [1.29, 1.82) is 0 Å². The van der Waals surface area contributed by atoms with Gasteiger partial charge in [-0.25, -0.2) is 23.1 Å². The molecule has 37 heavy (non-hydrogen) atoms. The molecule has 2 saturated carbocycles. The number of fused-ring (bicyclic) bond motifs is 1. The van der Waals surface area contributed by atoms with Gasteiger partial charge in [0.1, 0.15) is 17.0 Å². The number of anilines is 3. The fraction of sp³-hybridized carbons (Fsp3) is 0.520.